The molecule has 0 radical (unpaired) electrons. The molecule has 7 nitrogen and oxygen atoms in total. The molecule has 8 heteroatoms. The van der Waals surface area contributed by atoms with Gasteiger partial charge in [0.1, 0.15) is 6.54 Å². The summed E-state index contributed by atoms with van der Waals surface area (Å²) in [6.07, 6.45) is 3.29. The van der Waals surface area contributed by atoms with E-state index < -0.39 is 28.4 Å². The summed E-state index contributed by atoms with van der Waals surface area (Å²) in [5.74, 6) is -1.77. The Morgan fingerprint density at radius 3 is 2.48 bits per heavy atom. The Morgan fingerprint density at radius 2 is 1.95 bits per heavy atom. The van der Waals surface area contributed by atoms with Gasteiger partial charge in [0.05, 0.1) is 11.5 Å². The van der Waals surface area contributed by atoms with Crippen LogP contribution in [0, 0.1) is 5.92 Å². The smallest absolute Gasteiger partial charge is 0.323 e. The fraction of sp³-hybridized carbons (Fsp3) is 0.846. The van der Waals surface area contributed by atoms with Crippen LogP contribution in [0.4, 0.5) is 0 Å². The van der Waals surface area contributed by atoms with Crippen molar-refractivity contribution in [2.75, 3.05) is 18.1 Å². The molecule has 1 heterocycles. The van der Waals surface area contributed by atoms with E-state index in [4.69, 9.17) is 10.8 Å². The third kappa shape index (κ3) is 4.16. The van der Waals surface area contributed by atoms with Crippen LogP contribution in [-0.4, -0.2) is 60.4 Å². The van der Waals surface area contributed by atoms with E-state index in [-0.39, 0.29) is 29.4 Å². The topological polar surface area (TPSA) is 118 Å². The van der Waals surface area contributed by atoms with Crippen molar-refractivity contribution in [2.24, 2.45) is 11.7 Å². The van der Waals surface area contributed by atoms with Gasteiger partial charge in [-0.1, -0.05) is 6.42 Å². The van der Waals surface area contributed by atoms with Gasteiger partial charge in [-0.15, -0.1) is 0 Å². The highest BCUT2D eigenvalue weighted by Crippen LogP contribution is 2.27. The maximum Gasteiger partial charge on any atom is 0.323 e. The number of hydrogen-bond acceptors (Lipinski definition) is 5. The van der Waals surface area contributed by atoms with E-state index >= 15 is 0 Å². The van der Waals surface area contributed by atoms with E-state index in [0.717, 1.165) is 12.8 Å². The van der Waals surface area contributed by atoms with Gasteiger partial charge in [-0.3, -0.25) is 9.59 Å². The van der Waals surface area contributed by atoms with Gasteiger partial charge < -0.3 is 15.7 Å². The lowest BCUT2D eigenvalue weighted by molar-refractivity contribution is -0.148. The van der Waals surface area contributed by atoms with Crippen molar-refractivity contribution in [3.8, 4) is 0 Å². The van der Waals surface area contributed by atoms with Gasteiger partial charge in [0, 0.05) is 18.0 Å². The number of sulfone groups is 1. The molecule has 0 aromatic carbocycles. The highest BCUT2D eigenvalue weighted by Gasteiger charge is 2.38. The molecule has 120 valence electrons. The SMILES string of the molecule is NC1CCCC(C(=O)N(CC(=O)O)C2CCS(=O)(=O)C2)C1. The molecule has 2 fully saturated rings. The zero-order valence-corrected chi connectivity index (χ0v) is 12.7. The third-order valence-corrected chi connectivity index (χ3v) is 6.05. The molecule has 0 aromatic heterocycles. The van der Waals surface area contributed by atoms with Crippen molar-refractivity contribution in [1.29, 1.82) is 0 Å². The van der Waals surface area contributed by atoms with Gasteiger partial charge in [0.2, 0.25) is 5.91 Å². The molecule has 0 bridgehead atoms. The van der Waals surface area contributed by atoms with Gasteiger partial charge in [0.25, 0.3) is 0 Å². The van der Waals surface area contributed by atoms with Crippen LogP contribution in [0.1, 0.15) is 32.1 Å². The molecule has 0 aromatic rings. The first-order valence-corrected chi connectivity index (χ1v) is 9.09. The number of carbonyl (C=O) groups is 2. The minimum absolute atomic E-state index is 0.0191. The highest BCUT2D eigenvalue weighted by atomic mass is 32.2. The lowest BCUT2D eigenvalue weighted by Crippen LogP contribution is -2.48. The Labute approximate surface area is 124 Å². The van der Waals surface area contributed by atoms with Crippen LogP contribution in [0.3, 0.4) is 0 Å². The van der Waals surface area contributed by atoms with E-state index in [0.29, 0.717) is 19.3 Å². The summed E-state index contributed by atoms with van der Waals surface area (Å²) in [7, 11) is -3.16. The number of carboxylic acid groups (broad SMARTS) is 1. The number of aliphatic carboxylic acids is 1. The minimum Gasteiger partial charge on any atom is -0.480 e. The second-order valence-corrected chi connectivity index (χ2v) is 8.27. The summed E-state index contributed by atoms with van der Waals surface area (Å²) in [6.45, 7) is -0.440. The number of rotatable bonds is 4. The summed E-state index contributed by atoms with van der Waals surface area (Å²) in [5.41, 5.74) is 5.88. The van der Waals surface area contributed by atoms with Crippen LogP contribution in [0.25, 0.3) is 0 Å². The van der Waals surface area contributed by atoms with Crippen LogP contribution >= 0.6 is 0 Å². The Bertz CT molecular complexity index is 519. The summed E-state index contributed by atoms with van der Waals surface area (Å²) in [4.78, 5) is 24.8. The Morgan fingerprint density at radius 1 is 1.24 bits per heavy atom. The summed E-state index contributed by atoms with van der Waals surface area (Å²) in [5, 5.41) is 9.01. The molecule has 2 rings (SSSR count). The normalized spacial score (nSPS) is 31.8. The van der Waals surface area contributed by atoms with Gasteiger partial charge in [-0.25, -0.2) is 8.42 Å². The van der Waals surface area contributed by atoms with Crippen LogP contribution < -0.4 is 5.73 Å². The summed E-state index contributed by atoms with van der Waals surface area (Å²) >= 11 is 0. The fourth-order valence-electron chi connectivity index (χ4n) is 3.24. The van der Waals surface area contributed by atoms with E-state index in [1.807, 2.05) is 0 Å². The van der Waals surface area contributed by atoms with Crippen molar-refractivity contribution in [2.45, 2.75) is 44.2 Å². The van der Waals surface area contributed by atoms with E-state index in [9.17, 15) is 18.0 Å². The zero-order valence-electron chi connectivity index (χ0n) is 11.9. The van der Waals surface area contributed by atoms with Gasteiger partial charge in [-0.05, 0) is 25.7 Å². The second kappa shape index (κ2) is 6.31. The van der Waals surface area contributed by atoms with Crippen molar-refractivity contribution in [3.63, 3.8) is 0 Å². The molecule has 1 aliphatic heterocycles. The first-order chi connectivity index (χ1) is 9.78. The first-order valence-electron chi connectivity index (χ1n) is 7.27. The number of carbonyl (C=O) groups excluding carboxylic acids is 1. The molecule has 0 spiro atoms. The molecular formula is C13H22N2O5S. The van der Waals surface area contributed by atoms with E-state index in [1.54, 1.807) is 0 Å². The van der Waals surface area contributed by atoms with E-state index in [1.165, 1.54) is 4.90 Å². The Balaban J connectivity index is 2.11. The quantitative estimate of drug-likeness (QED) is 0.728. The lowest BCUT2D eigenvalue weighted by Gasteiger charge is -2.33. The van der Waals surface area contributed by atoms with Crippen LogP contribution in [0.15, 0.2) is 0 Å². The van der Waals surface area contributed by atoms with Crippen molar-refractivity contribution in [1.82, 2.24) is 4.90 Å². The average Bonchev–Trinajstić information content (AvgIpc) is 2.75. The van der Waals surface area contributed by atoms with Crippen molar-refractivity contribution >= 4 is 21.7 Å². The number of carboxylic acids is 1. The number of nitrogens with zero attached hydrogens (tertiary/aromatic N) is 1. The molecule has 1 aliphatic carbocycles. The van der Waals surface area contributed by atoms with Gasteiger partial charge in [-0.2, -0.15) is 0 Å². The summed E-state index contributed by atoms with van der Waals surface area (Å²) in [6, 6.07) is -0.552. The van der Waals surface area contributed by atoms with Crippen LogP contribution in [-0.2, 0) is 19.4 Å². The molecule has 3 N–H and O–H groups in total. The Kier molecular flexibility index (Phi) is 4.88. The molecule has 2 aliphatic rings. The molecule has 1 saturated carbocycles. The van der Waals surface area contributed by atoms with E-state index in [2.05, 4.69) is 0 Å². The second-order valence-electron chi connectivity index (χ2n) is 6.04. The maximum atomic E-state index is 12.6. The molecular weight excluding hydrogens is 296 g/mol. The average molecular weight is 318 g/mol. The molecule has 3 atom stereocenters. The largest absolute Gasteiger partial charge is 0.480 e. The highest BCUT2D eigenvalue weighted by molar-refractivity contribution is 7.91. The van der Waals surface area contributed by atoms with Crippen molar-refractivity contribution < 1.29 is 23.1 Å². The number of nitrogens with two attached hydrogens (primary N) is 1. The fourth-order valence-corrected chi connectivity index (χ4v) is 4.97. The minimum atomic E-state index is -3.16. The van der Waals surface area contributed by atoms with Crippen molar-refractivity contribution in [3.05, 3.63) is 0 Å². The zero-order chi connectivity index (χ0) is 15.6. The number of hydrogen-bond donors (Lipinski definition) is 2. The summed E-state index contributed by atoms with van der Waals surface area (Å²) < 4.78 is 23.2. The Hall–Kier alpha value is -1.15. The predicted octanol–water partition coefficient (Wildman–Crippen LogP) is -0.396. The van der Waals surface area contributed by atoms with Crippen LogP contribution in [0.5, 0.6) is 0 Å². The van der Waals surface area contributed by atoms with Crippen LogP contribution in [0.2, 0.25) is 0 Å². The number of amides is 1. The monoisotopic (exact) mass is 318 g/mol. The maximum absolute atomic E-state index is 12.6. The third-order valence-electron chi connectivity index (χ3n) is 4.30. The van der Waals surface area contributed by atoms with Gasteiger partial charge in [0.15, 0.2) is 9.84 Å². The molecule has 21 heavy (non-hydrogen) atoms. The molecule has 1 saturated heterocycles. The lowest BCUT2D eigenvalue weighted by atomic mass is 9.85. The first kappa shape index (κ1) is 16.2. The molecule has 1 amide bonds. The molecule has 3 unspecified atom stereocenters. The van der Waals surface area contributed by atoms with Gasteiger partial charge >= 0.3 is 5.97 Å². The standard InChI is InChI=1S/C13H22N2O5S/c14-10-3-1-2-9(6-10)13(18)15(7-12(16)17)11-4-5-21(19,20)8-11/h9-11H,1-8,14H2,(H,16,17). The predicted molar refractivity (Wildman–Crippen MR) is 76.3 cm³/mol.